The summed E-state index contributed by atoms with van der Waals surface area (Å²) in [5, 5.41) is 4.57. The van der Waals surface area contributed by atoms with Crippen LogP contribution in [-0.2, 0) is 9.59 Å². The molecule has 2 heterocycles. The molecule has 2 aliphatic carbocycles. The second-order valence-corrected chi connectivity index (χ2v) is 12.0. The summed E-state index contributed by atoms with van der Waals surface area (Å²) >= 11 is 0. The topological polar surface area (TPSA) is 102 Å². The summed E-state index contributed by atoms with van der Waals surface area (Å²) in [5.41, 5.74) is 4.79. The number of rotatable bonds is 8. The summed E-state index contributed by atoms with van der Waals surface area (Å²) in [4.78, 5) is 57.2. The zero-order valence-electron chi connectivity index (χ0n) is 22.8. The van der Waals surface area contributed by atoms with Gasteiger partial charge in [-0.05, 0) is 51.4 Å². The molecule has 2 saturated carbocycles. The van der Waals surface area contributed by atoms with E-state index in [2.05, 4.69) is 24.6 Å². The first-order valence-electron chi connectivity index (χ1n) is 14.3. The number of amides is 4. The van der Waals surface area contributed by atoms with Crippen molar-refractivity contribution in [1.29, 1.82) is 0 Å². The molecule has 2 aliphatic heterocycles. The predicted molar refractivity (Wildman–Crippen MR) is 143 cm³/mol. The fraction of sp³-hybridized carbons (Fsp3) is 0.655. The van der Waals surface area contributed by atoms with Gasteiger partial charge in [0, 0.05) is 30.1 Å². The summed E-state index contributed by atoms with van der Waals surface area (Å²) in [6.07, 6.45) is 6.22. The van der Waals surface area contributed by atoms with Crippen molar-refractivity contribution in [3.05, 3.63) is 35.4 Å². The van der Waals surface area contributed by atoms with E-state index in [1.54, 1.807) is 21.9 Å². The summed E-state index contributed by atoms with van der Waals surface area (Å²) in [6.45, 7) is 6.60. The summed E-state index contributed by atoms with van der Waals surface area (Å²) in [6, 6.07) is 6.88. The number of carbonyl (C=O) groups excluding carboxylic acids is 4. The van der Waals surface area contributed by atoms with E-state index in [1.807, 2.05) is 19.1 Å². The lowest BCUT2D eigenvalue weighted by Gasteiger charge is -2.50. The van der Waals surface area contributed by atoms with Gasteiger partial charge in [0.2, 0.25) is 11.8 Å². The molecule has 1 aromatic carbocycles. The zero-order valence-corrected chi connectivity index (χ0v) is 22.8. The maximum Gasteiger partial charge on any atom is 0.337 e. The Bertz CT molecular complexity index is 1070. The van der Waals surface area contributed by atoms with Gasteiger partial charge in [-0.3, -0.25) is 19.3 Å². The van der Waals surface area contributed by atoms with Crippen LogP contribution in [0.4, 0.5) is 4.79 Å². The van der Waals surface area contributed by atoms with Crippen LogP contribution >= 0.6 is 0 Å². The Labute approximate surface area is 225 Å². The Kier molecular flexibility index (Phi) is 7.75. The van der Waals surface area contributed by atoms with E-state index >= 15 is 0 Å². The van der Waals surface area contributed by atoms with Gasteiger partial charge in [-0.15, -0.1) is 0 Å². The van der Waals surface area contributed by atoms with Crippen molar-refractivity contribution in [2.45, 2.75) is 90.5 Å². The fourth-order valence-electron chi connectivity index (χ4n) is 6.46. The number of Topliss-reactive ketones (excluding diaryl/α,β-unsaturated/α-hetero) is 1. The van der Waals surface area contributed by atoms with Crippen LogP contribution in [-0.4, -0.2) is 69.9 Å². The summed E-state index contributed by atoms with van der Waals surface area (Å²) in [7, 11) is 0. The predicted octanol–water partition coefficient (Wildman–Crippen LogP) is 3.44. The normalized spacial score (nSPS) is 27.6. The van der Waals surface area contributed by atoms with Gasteiger partial charge in [-0.1, -0.05) is 56.5 Å². The Morgan fingerprint density at radius 1 is 1.05 bits per heavy atom. The SMILES string of the molecule is Cc1ccc(C(=O)CN2NC3N(CCC(C)C)C(=O)C4CCC(C(=O)NC5CCCC5)CC4N3C2=O)cc1. The van der Waals surface area contributed by atoms with Crippen LogP contribution in [0.5, 0.6) is 0 Å². The first-order chi connectivity index (χ1) is 18.2. The van der Waals surface area contributed by atoms with Crippen molar-refractivity contribution in [3.63, 3.8) is 0 Å². The molecule has 0 radical (unpaired) electrons. The maximum absolute atomic E-state index is 13.8. The van der Waals surface area contributed by atoms with Crippen LogP contribution in [0.15, 0.2) is 24.3 Å². The number of nitrogens with zero attached hydrogens (tertiary/aromatic N) is 3. The van der Waals surface area contributed by atoms with E-state index in [9.17, 15) is 19.2 Å². The highest BCUT2D eigenvalue weighted by molar-refractivity contribution is 5.99. The first kappa shape index (κ1) is 26.7. The van der Waals surface area contributed by atoms with Gasteiger partial charge >= 0.3 is 6.03 Å². The lowest BCUT2D eigenvalue weighted by atomic mass is 9.75. The third kappa shape index (κ3) is 5.30. The molecule has 206 valence electrons. The van der Waals surface area contributed by atoms with Gasteiger partial charge in [0.1, 0.15) is 6.54 Å². The lowest BCUT2D eigenvalue weighted by molar-refractivity contribution is -0.159. The van der Waals surface area contributed by atoms with E-state index in [4.69, 9.17) is 0 Å². The van der Waals surface area contributed by atoms with E-state index in [1.165, 1.54) is 5.01 Å². The second kappa shape index (κ2) is 11.0. The van der Waals surface area contributed by atoms with Crippen molar-refractivity contribution in [3.8, 4) is 0 Å². The van der Waals surface area contributed by atoms with Gasteiger partial charge in [-0.25, -0.2) is 9.80 Å². The molecule has 0 bridgehead atoms. The third-order valence-electron chi connectivity index (χ3n) is 8.75. The van der Waals surface area contributed by atoms with E-state index < -0.39 is 6.29 Å². The average Bonchev–Trinajstić information content (AvgIpc) is 3.51. The molecule has 4 atom stereocenters. The smallest absolute Gasteiger partial charge is 0.337 e. The highest BCUT2D eigenvalue weighted by atomic mass is 16.2. The molecule has 9 heteroatoms. The minimum absolute atomic E-state index is 0.0403. The molecule has 4 amide bonds. The van der Waals surface area contributed by atoms with Crippen LogP contribution in [0.1, 0.15) is 81.1 Å². The molecule has 4 unspecified atom stereocenters. The zero-order chi connectivity index (χ0) is 27.0. The average molecular weight is 524 g/mol. The van der Waals surface area contributed by atoms with E-state index in [0.717, 1.165) is 37.7 Å². The van der Waals surface area contributed by atoms with Gasteiger partial charge in [0.05, 0.1) is 5.92 Å². The number of ketones is 1. The van der Waals surface area contributed by atoms with Gasteiger partial charge in [0.15, 0.2) is 12.1 Å². The monoisotopic (exact) mass is 523 g/mol. The largest absolute Gasteiger partial charge is 0.353 e. The Balaban J connectivity index is 1.35. The molecule has 9 nitrogen and oxygen atoms in total. The maximum atomic E-state index is 13.8. The van der Waals surface area contributed by atoms with Crippen molar-refractivity contribution >= 4 is 23.6 Å². The number of carbonyl (C=O) groups is 4. The Morgan fingerprint density at radius 3 is 2.45 bits per heavy atom. The number of benzene rings is 1. The molecule has 4 fully saturated rings. The molecule has 0 aromatic heterocycles. The number of nitrogens with one attached hydrogen (secondary N) is 2. The lowest BCUT2D eigenvalue weighted by Crippen LogP contribution is -2.67. The highest BCUT2D eigenvalue weighted by Gasteiger charge is 2.56. The number of fused-ring (bicyclic) bond motifs is 3. The number of hydrogen-bond acceptors (Lipinski definition) is 5. The molecule has 38 heavy (non-hydrogen) atoms. The van der Waals surface area contributed by atoms with Crippen molar-refractivity contribution in [2.75, 3.05) is 13.1 Å². The molecule has 2 N–H and O–H groups in total. The van der Waals surface area contributed by atoms with Crippen LogP contribution in [0.3, 0.4) is 0 Å². The van der Waals surface area contributed by atoms with Gasteiger partial charge < -0.3 is 10.2 Å². The first-order valence-corrected chi connectivity index (χ1v) is 14.3. The van der Waals surface area contributed by atoms with E-state index in [0.29, 0.717) is 37.3 Å². The van der Waals surface area contributed by atoms with Crippen molar-refractivity contribution in [1.82, 2.24) is 25.6 Å². The van der Waals surface area contributed by atoms with Crippen LogP contribution in [0, 0.1) is 24.7 Å². The summed E-state index contributed by atoms with van der Waals surface area (Å²) in [5.74, 6) is -0.220. The van der Waals surface area contributed by atoms with E-state index in [-0.39, 0.29) is 54.1 Å². The Morgan fingerprint density at radius 2 is 1.76 bits per heavy atom. The quantitative estimate of drug-likeness (QED) is 0.509. The minimum Gasteiger partial charge on any atom is -0.353 e. The molecule has 0 spiro atoms. The fourth-order valence-corrected chi connectivity index (χ4v) is 6.46. The molecule has 5 rings (SSSR count). The minimum atomic E-state index is -0.641. The van der Waals surface area contributed by atoms with Gasteiger partial charge in [-0.2, -0.15) is 5.43 Å². The number of aryl methyl sites for hydroxylation is 1. The van der Waals surface area contributed by atoms with Crippen molar-refractivity contribution in [2.24, 2.45) is 17.8 Å². The van der Waals surface area contributed by atoms with Gasteiger partial charge in [0.25, 0.3) is 0 Å². The highest BCUT2D eigenvalue weighted by Crippen LogP contribution is 2.40. The van der Waals surface area contributed by atoms with Crippen LogP contribution < -0.4 is 10.7 Å². The second-order valence-electron chi connectivity index (χ2n) is 12.0. The molecule has 1 aromatic rings. The number of urea groups is 1. The summed E-state index contributed by atoms with van der Waals surface area (Å²) < 4.78 is 0. The van der Waals surface area contributed by atoms with Crippen LogP contribution in [0.25, 0.3) is 0 Å². The molecular weight excluding hydrogens is 482 g/mol. The number of hydrazine groups is 1. The van der Waals surface area contributed by atoms with Crippen LogP contribution in [0.2, 0.25) is 0 Å². The molecule has 4 aliphatic rings. The molecular formula is C29H41N5O4. The molecule has 2 saturated heterocycles. The Hall–Kier alpha value is -2.94. The van der Waals surface area contributed by atoms with Crippen molar-refractivity contribution < 1.29 is 19.2 Å². The third-order valence-corrected chi connectivity index (χ3v) is 8.75. The standard InChI is InChI=1S/C29H41N5O4/c1-18(2)14-15-32-27(37)23-13-12-21(26(36)30-22-6-4-5-7-22)16-24(23)34-28(32)31-33(29(34)38)17-25(35)20-10-8-19(3)9-11-20/h8-11,18,21-24,28,31H,4-7,12-17H2,1-3H3,(H,30,36). The number of hydrogen-bond donors (Lipinski definition) is 2.